The molecule has 0 radical (unpaired) electrons. The molecule has 0 saturated carbocycles. The smallest absolute Gasteiger partial charge is 0.330 e. The molecule has 0 aliphatic heterocycles. The van der Waals surface area contributed by atoms with E-state index in [1.54, 1.807) is 25.1 Å². The molecule has 1 atom stereocenters. The first-order valence-electron chi connectivity index (χ1n) is 4.30. The fraction of sp³-hybridized carbons (Fsp3) is 0.300. The maximum atomic E-state index is 11.3. The molecular formula is C10H10N2O2. The fourth-order valence-corrected chi connectivity index (χ4v) is 0.892. The quantitative estimate of drug-likeness (QED) is 0.678. The molecule has 72 valence electrons. The van der Waals surface area contributed by atoms with Gasteiger partial charge >= 0.3 is 5.97 Å². The summed E-state index contributed by atoms with van der Waals surface area (Å²) in [6.45, 7) is 1.76. The van der Waals surface area contributed by atoms with Crippen LogP contribution < -0.4 is 4.74 Å². The molecule has 1 heterocycles. The zero-order valence-corrected chi connectivity index (χ0v) is 7.80. The van der Waals surface area contributed by atoms with Gasteiger partial charge in [0.15, 0.2) is 0 Å². The van der Waals surface area contributed by atoms with Crippen molar-refractivity contribution in [1.82, 2.24) is 4.98 Å². The van der Waals surface area contributed by atoms with Crippen molar-refractivity contribution in [2.45, 2.75) is 13.3 Å². The van der Waals surface area contributed by atoms with Crippen LogP contribution in [0.1, 0.15) is 13.3 Å². The topological polar surface area (TPSA) is 63.0 Å². The van der Waals surface area contributed by atoms with Gasteiger partial charge in [0.25, 0.3) is 0 Å². The number of esters is 1. The first kappa shape index (κ1) is 10.2. The van der Waals surface area contributed by atoms with E-state index in [4.69, 9.17) is 10.00 Å². The number of rotatable bonds is 3. The maximum Gasteiger partial charge on any atom is 0.330 e. The largest absolute Gasteiger partial charge is 0.406 e. The molecule has 1 unspecified atom stereocenters. The van der Waals surface area contributed by atoms with E-state index < -0.39 is 11.9 Å². The molecule has 0 aliphatic rings. The molecule has 1 aromatic heterocycles. The van der Waals surface area contributed by atoms with Crippen molar-refractivity contribution in [3.05, 3.63) is 24.4 Å². The van der Waals surface area contributed by atoms with Crippen molar-refractivity contribution in [3.63, 3.8) is 0 Å². The predicted molar refractivity (Wildman–Crippen MR) is 49.3 cm³/mol. The molecule has 4 heteroatoms. The molecule has 0 amide bonds. The van der Waals surface area contributed by atoms with Gasteiger partial charge in [-0.15, -0.1) is 0 Å². The Morgan fingerprint density at radius 1 is 1.71 bits per heavy atom. The number of nitrogens with zero attached hydrogens (tertiary/aromatic N) is 2. The van der Waals surface area contributed by atoms with Gasteiger partial charge in [-0.2, -0.15) is 5.26 Å². The summed E-state index contributed by atoms with van der Waals surface area (Å²) in [5.74, 6) is -1.03. The fourth-order valence-electron chi connectivity index (χ4n) is 0.892. The Morgan fingerprint density at radius 2 is 2.50 bits per heavy atom. The Hall–Kier alpha value is -1.89. The molecule has 4 nitrogen and oxygen atoms in total. The maximum absolute atomic E-state index is 11.3. The lowest BCUT2D eigenvalue weighted by Crippen LogP contribution is -2.18. The predicted octanol–water partition coefficient (Wildman–Crippen LogP) is 1.54. The first-order chi connectivity index (χ1) is 6.77. The van der Waals surface area contributed by atoms with Crippen molar-refractivity contribution in [1.29, 1.82) is 5.26 Å². The zero-order valence-electron chi connectivity index (χ0n) is 7.80. The van der Waals surface area contributed by atoms with E-state index in [1.807, 2.05) is 6.07 Å². The molecular weight excluding hydrogens is 180 g/mol. The van der Waals surface area contributed by atoms with E-state index >= 15 is 0 Å². The second-order valence-electron chi connectivity index (χ2n) is 2.68. The summed E-state index contributed by atoms with van der Waals surface area (Å²) in [6, 6.07) is 6.87. The summed E-state index contributed by atoms with van der Waals surface area (Å²) < 4.78 is 4.89. The van der Waals surface area contributed by atoms with Gasteiger partial charge in [-0.1, -0.05) is 13.0 Å². The highest BCUT2D eigenvalue weighted by atomic mass is 16.5. The lowest BCUT2D eigenvalue weighted by molar-refractivity contribution is -0.137. The number of nitriles is 1. The molecule has 0 fully saturated rings. The van der Waals surface area contributed by atoms with Gasteiger partial charge in [0.2, 0.25) is 5.88 Å². The Bertz CT molecular complexity index is 343. The number of hydrogen-bond acceptors (Lipinski definition) is 4. The Morgan fingerprint density at radius 3 is 3.00 bits per heavy atom. The minimum atomic E-state index is -0.711. The number of carbonyl (C=O) groups excluding carboxylic acids is 1. The molecule has 0 bridgehead atoms. The average Bonchev–Trinajstić information content (AvgIpc) is 2.21. The third-order valence-electron chi connectivity index (χ3n) is 1.69. The van der Waals surface area contributed by atoms with Crippen LogP contribution in [0.2, 0.25) is 0 Å². The van der Waals surface area contributed by atoms with Crippen molar-refractivity contribution >= 4 is 5.97 Å². The Balaban J connectivity index is 2.62. The molecule has 1 aromatic rings. The third-order valence-corrected chi connectivity index (χ3v) is 1.69. The van der Waals surface area contributed by atoms with Gasteiger partial charge in [-0.3, -0.25) is 4.79 Å². The first-order valence-corrected chi connectivity index (χ1v) is 4.30. The van der Waals surface area contributed by atoms with E-state index in [2.05, 4.69) is 4.98 Å². The molecule has 14 heavy (non-hydrogen) atoms. The van der Waals surface area contributed by atoms with Crippen molar-refractivity contribution in [2.24, 2.45) is 5.92 Å². The van der Waals surface area contributed by atoms with Crippen LogP contribution in [0.25, 0.3) is 0 Å². The second-order valence-corrected chi connectivity index (χ2v) is 2.68. The van der Waals surface area contributed by atoms with Crippen molar-refractivity contribution in [3.8, 4) is 11.9 Å². The van der Waals surface area contributed by atoms with Gasteiger partial charge in [0, 0.05) is 12.3 Å². The molecule has 0 aliphatic carbocycles. The second kappa shape index (κ2) is 4.97. The lowest BCUT2D eigenvalue weighted by Gasteiger charge is -2.05. The van der Waals surface area contributed by atoms with Crippen LogP contribution in [0.4, 0.5) is 0 Å². The lowest BCUT2D eigenvalue weighted by atomic mass is 10.1. The molecule has 0 saturated heterocycles. The van der Waals surface area contributed by atoms with E-state index in [-0.39, 0.29) is 5.88 Å². The SMILES string of the molecule is CCC(C#N)C(=O)Oc1ccccn1. The highest BCUT2D eigenvalue weighted by Gasteiger charge is 2.17. The summed E-state index contributed by atoms with van der Waals surface area (Å²) in [5.41, 5.74) is 0. The van der Waals surface area contributed by atoms with Crippen LogP contribution in [0.5, 0.6) is 5.88 Å². The number of aromatic nitrogens is 1. The monoisotopic (exact) mass is 190 g/mol. The minimum absolute atomic E-state index is 0.228. The van der Waals surface area contributed by atoms with E-state index in [1.165, 1.54) is 6.20 Å². The molecule has 0 aromatic carbocycles. The highest BCUT2D eigenvalue weighted by molar-refractivity contribution is 5.77. The molecule has 1 rings (SSSR count). The van der Waals surface area contributed by atoms with Gasteiger partial charge < -0.3 is 4.74 Å². The number of carbonyl (C=O) groups is 1. The number of hydrogen-bond donors (Lipinski definition) is 0. The standard InChI is InChI=1S/C10H10N2O2/c1-2-8(7-11)10(13)14-9-5-3-4-6-12-9/h3-6,8H,2H2,1H3. The summed E-state index contributed by atoms with van der Waals surface area (Å²) in [7, 11) is 0. The van der Waals surface area contributed by atoms with Gasteiger partial charge in [-0.25, -0.2) is 4.98 Å². The van der Waals surface area contributed by atoms with E-state index in [0.29, 0.717) is 6.42 Å². The third kappa shape index (κ3) is 2.56. The van der Waals surface area contributed by atoms with Crippen molar-refractivity contribution in [2.75, 3.05) is 0 Å². The molecule has 0 N–H and O–H groups in total. The summed E-state index contributed by atoms with van der Waals surface area (Å²) >= 11 is 0. The molecule has 0 spiro atoms. The minimum Gasteiger partial charge on any atom is -0.406 e. The van der Waals surface area contributed by atoms with Gasteiger partial charge in [0.1, 0.15) is 5.92 Å². The Kier molecular flexibility index (Phi) is 3.62. The van der Waals surface area contributed by atoms with Crippen LogP contribution in [-0.4, -0.2) is 11.0 Å². The summed E-state index contributed by atoms with van der Waals surface area (Å²) in [5, 5.41) is 8.60. The van der Waals surface area contributed by atoms with Crippen LogP contribution >= 0.6 is 0 Å². The normalized spacial score (nSPS) is 11.4. The number of pyridine rings is 1. The summed E-state index contributed by atoms with van der Waals surface area (Å²) in [6.07, 6.45) is 1.97. The van der Waals surface area contributed by atoms with E-state index in [0.717, 1.165) is 0 Å². The van der Waals surface area contributed by atoms with Crippen LogP contribution in [0.15, 0.2) is 24.4 Å². The average molecular weight is 190 g/mol. The Labute approximate surface area is 82.1 Å². The highest BCUT2D eigenvalue weighted by Crippen LogP contribution is 2.09. The van der Waals surface area contributed by atoms with Crippen LogP contribution in [-0.2, 0) is 4.79 Å². The van der Waals surface area contributed by atoms with Gasteiger partial charge in [-0.05, 0) is 12.5 Å². The van der Waals surface area contributed by atoms with Gasteiger partial charge in [0.05, 0.1) is 6.07 Å². The summed E-state index contributed by atoms with van der Waals surface area (Å²) in [4.78, 5) is 15.1. The van der Waals surface area contributed by atoms with Crippen LogP contribution in [0.3, 0.4) is 0 Å². The number of ether oxygens (including phenoxy) is 1. The van der Waals surface area contributed by atoms with Crippen molar-refractivity contribution < 1.29 is 9.53 Å². The zero-order chi connectivity index (χ0) is 10.4. The van der Waals surface area contributed by atoms with E-state index in [9.17, 15) is 4.79 Å². The van der Waals surface area contributed by atoms with Crippen LogP contribution in [0, 0.1) is 17.2 Å².